The van der Waals surface area contributed by atoms with Crippen LogP contribution in [0.1, 0.15) is 12.8 Å². The zero-order valence-corrected chi connectivity index (χ0v) is 12.7. The number of carbonyl (C=O) groups is 1. The van der Waals surface area contributed by atoms with Crippen molar-refractivity contribution in [3.63, 3.8) is 0 Å². The maximum absolute atomic E-state index is 12.1. The summed E-state index contributed by atoms with van der Waals surface area (Å²) in [5.41, 5.74) is 6.69. The molecule has 1 aromatic rings. The monoisotopic (exact) mass is 346 g/mol. The van der Waals surface area contributed by atoms with Crippen LogP contribution in [0, 0.1) is 5.92 Å². The summed E-state index contributed by atoms with van der Waals surface area (Å²) in [7, 11) is 0. The number of halogens is 2. The first-order chi connectivity index (χ1) is 9.08. The van der Waals surface area contributed by atoms with Crippen molar-refractivity contribution in [1.82, 2.24) is 0 Å². The molecule has 0 bridgehead atoms. The minimum Gasteiger partial charge on any atom is -0.381 e. The highest BCUT2D eigenvalue weighted by Crippen LogP contribution is 2.26. The number of hydrogen-bond donors (Lipinski definition) is 2. The summed E-state index contributed by atoms with van der Waals surface area (Å²) in [6.45, 7) is 1.36. The summed E-state index contributed by atoms with van der Waals surface area (Å²) < 4.78 is 6.01. The van der Waals surface area contributed by atoms with E-state index in [1.165, 1.54) is 0 Å². The Bertz CT molecular complexity index is 464. The van der Waals surface area contributed by atoms with Gasteiger partial charge in [-0.25, -0.2) is 0 Å². The molecular formula is C13H16BrClN2O2. The summed E-state index contributed by atoms with van der Waals surface area (Å²) in [6.07, 6.45) is 1.66. The summed E-state index contributed by atoms with van der Waals surface area (Å²) in [6, 6.07) is 4.73. The molecule has 0 aromatic heterocycles. The second-order valence-corrected chi connectivity index (χ2v) is 5.86. The van der Waals surface area contributed by atoms with E-state index >= 15 is 0 Å². The second kappa shape index (κ2) is 6.70. The number of benzene rings is 1. The molecule has 0 spiro atoms. The quantitative estimate of drug-likeness (QED) is 0.883. The molecule has 0 radical (unpaired) electrons. The molecule has 1 fully saturated rings. The molecule has 1 aliphatic heterocycles. The highest BCUT2D eigenvalue weighted by Gasteiger charge is 2.26. The van der Waals surface area contributed by atoms with Gasteiger partial charge in [0.25, 0.3) is 0 Å². The van der Waals surface area contributed by atoms with Gasteiger partial charge in [0.05, 0.1) is 11.1 Å². The van der Waals surface area contributed by atoms with Gasteiger partial charge in [-0.2, -0.15) is 0 Å². The van der Waals surface area contributed by atoms with E-state index in [4.69, 9.17) is 22.1 Å². The SMILES string of the molecule is NC(C(=O)Nc1ccc(Cl)c(Br)c1)C1CCOCC1. The van der Waals surface area contributed by atoms with E-state index in [1.807, 2.05) is 0 Å². The molecule has 1 heterocycles. The van der Waals surface area contributed by atoms with Crippen LogP contribution in [0.25, 0.3) is 0 Å². The van der Waals surface area contributed by atoms with Crippen molar-refractivity contribution in [1.29, 1.82) is 0 Å². The van der Waals surface area contributed by atoms with Gasteiger partial charge in [0.1, 0.15) is 0 Å². The molecule has 104 valence electrons. The Morgan fingerprint density at radius 3 is 2.79 bits per heavy atom. The van der Waals surface area contributed by atoms with E-state index in [0.717, 1.165) is 17.3 Å². The first-order valence-electron chi connectivity index (χ1n) is 6.17. The third-order valence-corrected chi connectivity index (χ3v) is 4.48. The summed E-state index contributed by atoms with van der Waals surface area (Å²) >= 11 is 9.22. The van der Waals surface area contributed by atoms with Gasteiger partial charge >= 0.3 is 0 Å². The Morgan fingerprint density at radius 1 is 1.47 bits per heavy atom. The van der Waals surface area contributed by atoms with Crippen molar-refractivity contribution in [2.45, 2.75) is 18.9 Å². The van der Waals surface area contributed by atoms with Crippen LogP contribution in [-0.2, 0) is 9.53 Å². The molecule has 1 atom stereocenters. The van der Waals surface area contributed by atoms with Crippen molar-refractivity contribution >= 4 is 39.1 Å². The first kappa shape index (κ1) is 14.8. The maximum Gasteiger partial charge on any atom is 0.241 e. The standard InChI is InChI=1S/C13H16BrClN2O2/c14-10-7-9(1-2-11(10)15)17-13(18)12(16)8-3-5-19-6-4-8/h1-2,7-8,12H,3-6,16H2,(H,17,18). The van der Waals surface area contributed by atoms with Crippen LogP contribution in [0.3, 0.4) is 0 Å². The fourth-order valence-electron chi connectivity index (χ4n) is 2.09. The average Bonchev–Trinajstić information content (AvgIpc) is 2.43. The van der Waals surface area contributed by atoms with E-state index in [1.54, 1.807) is 18.2 Å². The number of nitrogens with two attached hydrogens (primary N) is 1. The molecule has 0 saturated carbocycles. The van der Waals surface area contributed by atoms with Crippen LogP contribution in [-0.4, -0.2) is 25.2 Å². The smallest absolute Gasteiger partial charge is 0.241 e. The van der Waals surface area contributed by atoms with Gasteiger partial charge in [0.15, 0.2) is 0 Å². The van der Waals surface area contributed by atoms with Crippen molar-refractivity contribution in [2.24, 2.45) is 11.7 Å². The lowest BCUT2D eigenvalue weighted by molar-refractivity contribution is -0.119. The van der Waals surface area contributed by atoms with Gasteiger partial charge in [0.2, 0.25) is 5.91 Å². The minimum atomic E-state index is -0.502. The predicted octanol–water partition coefficient (Wildman–Crippen LogP) is 2.79. The molecule has 1 aliphatic rings. The second-order valence-electron chi connectivity index (χ2n) is 4.59. The summed E-state index contributed by atoms with van der Waals surface area (Å²) in [5.74, 6) is 0.0191. The van der Waals surface area contributed by atoms with Crippen LogP contribution >= 0.6 is 27.5 Å². The van der Waals surface area contributed by atoms with Gasteiger partial charge in [-0.15, -0.1) is 0 Å². The molecule has 2 rings (SSSR count). The number of hydrogen-bond acceptors (Lipinski definition) is 3. The number of rotatable bonds is 3. The highest BCUT2D eigenvalue weighted by atomic mass is 79.9. The minimum absolute atomic E-state index is 0.166. The molecule has 1 amide bonds. The van der Waals surface area contributed by atoms with Crippen molar-refractivity contribution in [2.75, 3.05) is 18.5 Å². The number of anilines is 1. The fourth-order valence-corrected chi connectivity index (χ4v) is 2.58. The van der Waals surface area contributed by atoms with E-state index in [-0.39, 0.29) is 11.8 Å². The lowest BCUT2D eigenvalue weighted by Gasteiger charge is -2.26. The number of ether oxygens (including phenoxy) is 1. The largest absolute Gasteiger partial charge is 0.381 e. The molecular weight excluding hydrogens is 332 g/mol. The summed E-state index contributed by atoms with van der Waals surface area (Å²) in [5, 5.41) is 3.42. The van der Waals surface area contributed by atoms with E-state index in [0.29, 0.717) is 23.9 Å². The predicted molar refractivity (Wildman–Crippen MR) is 79.3 cm³/mol. The topological polar surface area (TPSA) is 64.4 Å². The Labute approximate surface area is 125 Å². The van der Waals surface area contributed by atoms with Crippen LogP contribution in [0.2, 0.25) is 5.02 Å². The number of carbonyl (C=O) groups excluding carboxylic acids is 1. The number of nitrogens with one attached hydrogen (secondary N) is 1. The highest BCUT2D eigenvalue weighted by molar-refractivity contribution is 9.10. The third kappa shape index (κ3) is 3.92. The Morgan fingerprint density at radius 2 is 2.16 bits per heavy atom. The van der Waals surface area contributed by atoms with E-state index < -0.39 is 6.04 Å². The van der Waals surface area contributed by atoms with Crippen molar-refractivity contribution < 1.29 is 9.53 Å². The van der Waals surface area contributed by atoms with Crippen molar-refractivity contribution in [3.8, 4) is 0 Å². The zero-order valence-electron chi connectivity index (χ0n) is 10.4. The molecule has 1 aromatic carbocycles. The van der Waals surface area contributed by atoms with Crippen molar-refractivity contribution in [3.05, 3.63) is 27.7 Å². The lowest BCUT2D eigenvalue weighted by Crippen LogP contribution is -2.44. The molecule has 0 aliphatic carbocycles. The zero-order chi connectivity index (χ0) is 13.8. The third-order valence-electron chi connectivity index (χ3n) is 3.26. The van der Waals surface area contributed by atoms with Gasteiger partial charge in [-0.1, -0.05) is 11.6 Å². The summed E-state index contributed by atoms with van der Waals surface area (Å²) in [4.78, 5) is 12.1. The van der Waals surface area contributed by atoms with Crippen LogP contribution < -0.4 is 11.1 Å². The fraction of sp³-hybridized carbons (Fsp3) is 0.462. The Hall–Kier alpha value is -0.620. The Kier molecular flexibility index (Phi) is 5.21. The van der Waals surface area contributed by atoms with Gasteiger partial charge in [0, 0.05) is 23.4 Å². The Balaban J connectivity index is 1.97. The van der Waals surface area contributed by atoms with Crippen LogP contribution in [0.4, 0.5) is 5.69 Å². The average molecular weight is 348 g/mol. The van der Waals surface area contributed by atoms with Gasteiger partial charge in [-0.05, 0) is 52.9 Å². The molecule has 4 nitrogen and oxygen atoms in total. The van der Waals surface area contributed by atoms with E-state index in [9.17, 15) is 4.79 Å². The lowest BCUT2D eigenvalue weighted by atomic mass is 9.92. The molecule has 6 heteroatoms. The maximum atomic E-state index is 12.1. The normalized spacial score (nSPS) is 18.1. The van der Waals surface area contributed by atoms with Gasteiger partial charge < -0.3 is 15.8 Å². The van der Waals surface area contributed by atoms with Crippen LogP contribution in [0.5, 0.6) is 0 Å². The van der Waals surface area contributed by atoms with Crippen LogP contribution in [0.15, 0.2) is 22.7 Å². The number of amides is 1. The van der Waals surface area contributed by atoms with Gasteiger partial charge in [-0.3, -0.25) is 4.79 Å². The first-order valence-corrected chi connectivity index (χ1v) is 7.34. The van der Waals surface area contributed by atoms with E-state index in [2.05, 4.69) is 21.2 Å². The molecule has 19 heavy (non-hydrogen) atoms. The molecule has 1 saturated heterocycles. The molecule has 1 unspecified atom stereocenters. The molecule has 3 N–H and O–H groups in total.